The molecule has 0 unspecified atom stereocenters. The molecular formula is C19H19FN2O3S. The molecule has 136 valence electrons. The summed E-state index contributed by atoms with van der Waals surface area (Å²) >= 11 is 0. The molecule has 0 atom stereocenters. The lowest BCUT2D eigenvalue weighted by Gasteiger charge is -2.15. The normalized spacial score (nSPS) is 15.4. The minimum absolute atomic E-state index is 0.208. The molecule has 2 aromatic rings. The quantitative estimate of drug-likeness (QED) is 0.817. The molecule has 1 amide bonds. The van der Waals surface area contributed by atoms with E-state index >= 15 is 0 Å². The fourth-order valence-electron chi connectivity index (χ4n) is 2.75. The van der Waals surface area contributed by atoms with Gasteiger partial charge in [0, 0.05) is 30.4 Å². The summed E-state index contributed by atoms with van der Waals surface area (Å²) in [5.74, 6) is -0.837. The number of anilines is 1. The lowest BCUT2D eigenvalue weighted by Crippen LogP contribution is -2.27. The van der Waals surface area contributed by atoms with E-state index in [1.165, 1.54) is 46.8 Å². The second-order valence-corrected chi connectivity index (χ2v) is 7.92. The molecule has 1 aliphatic heterocycles. The first-order chi connectivity index (χ1) is 12.5. The van der Waals surface area contributed by atoms with Crippen molar-refractivity contribution < 1.29 is 17.6 Å². The molecule has 7 heteroatoms. The largest absolute Gasteiger partial charge is 0.323 e. The van der Waals surface area contributed by atoms with Crippen LogP contribution in [0.2, 0.25) is 0 Å². The number of halogens is 1. The monoisotopic (exact) mass is 374 g/mol. The number of carbonyl (C=O) groups excluding carboxylic acids is 1. The van der Waals surface area contributed by atoms with Gasteiger partial charge in [0.25, 0.3) is 0 Å². The van der Waals surface area contributed by atoms with Crippen LogP contribution in [0.5, 0.6) is 0 Å². The summed E-state index contributed by atoms with van der Waals surface area (Å²) < 4.78 is 39.9. The number of sulfonamides is 1. The number of hydrogen-bond donors (Lipinski definition) is 1. The maximum Gasteiger partial charge on any atom is 0.248 e. The Hall–Kier alpha value is -2.51. The molecule has 1 N–H and O–H groups in total. The number of rotatable bonds is 5. The van der Waals surface area contributed by atoms with Crippen LogP contribution < -0.4 is 5.32 Å². The number of nitrogens with one attached hydrogen (secondary N) is 1. The molecule has 0 radical (unpaired) electrons. The molecule has 0 aromatic heterocycles. The van der Waals surface area contributed by atoms with E-state index in [-0.39, 0.29) is 4.90 Å². The molecule has 1 aliphatic rings. The van der Waals surface area contributed by atoms with Crippen LogP contribution in [0.3, 0.4) is 0 Å². The van der Waals surface area contributed by atoms with Crippen molar-refractivity contribution in [3.05, 3.63) is 66.0 Å². The van der Waals surface area contributed by atoms with Crippen LogP contribution >= 0.6 is 0 Å². The van der Waals surface area contributed by atoms with Gasteiger partial charge in [0.05, 0.1) is 4.90 Å². The van der Waals surface area contributed by atoms with Gasteiger partial charge in [-0.1, -0.05) is 18.2 Å². The van der Waals surface area contributed by atoms with Gasteiger partial charge < -0.3 is 5.32 Å². The molecule has 3 rings (SSSR count). The first-order valence-electron chi connectivity index (χ1n) is 8.30. The third-order valence-electron chi connectivity index (χ3n) is 4.14. The SMILES string of the molecule is O=C(/C=C/c1ccccc1F)Nc1ccc(S(=O)(=O)N2CCCC2)cc1. The number of nitrogens with zero attached hydrogens (tertiary/aromatic N) is 1. The highest BCUT2D eigenvalue weighted by Crippen LogP contribution is 2.22. The number of hydrogen-bond acceptors (Lipinski definition) is 3. The third-order valence-corrected chi connectivity index (χ3v) is 6.06. The van der Waals surface area contributed by atoms with Gasteiger partial charge in [0.2, 0.25) is 15.9 Å². The van der Waals surface area contributed by atoms with E-state index in [0.29, 0.717) is 24.3 Å². The van der Waals surface area contributed by atoms with Gasteiger partial charge in [-0.25, -0.2) is 12.8 Å². The Balaban J connectivity index is 1.65. The van der Waals surface area contributed by atoms with E-state index in [2.05, 4.69) is 5.32 Å². The zero-order valence-corrected chi connectivity index (χ0v) is 14.9. The second-order valence-electron chi connectivity index (χ2n) is 5.98. The Bertz CT molecular complexity index is 918. The minimum atomic E-state index is -3.47. The van der Waals surface area contributed by atoms with Crippen LogP contribution in [-0.4, -0.2) is 31.7 Å². The van der Waals surface area contributed by atoms with Crippen LogP contribution in [0.15, 0.2) is 59.5 Å². The fourth-order valence-corrected chi connectivity index (χ4v) is 4.26. The van der Waals surface area contributed by atoms with E-state index in [1.807, 2.05) is 0 Å². The smallest absolute Gasteiger partial charge is 0.248 e. The Morgan fingerprint density at radius 2 is 1.69 bits per heavy atom. The lowest BCUT2D eigenvalue weighted by atomic mass is 10.2. The summed E-state index contributed by atoms with van der Waals surface area (Å²) in [5.41, 5.74) is 0.781. The van der Waals surface area contributed by atoms with Crippen molar-refractivity contribution in [2.24, 2.45) is 0 Å². The van der Waals surface area contributed by atoms with E-state index < -0.39 is 21.7 Å². The van der Waals surface area contributed by atoms with Crippen LogP contribution in [0, 0.1) is 5.82 Å². The third kappa shape index (κ3) is 4.17. The Morgan fingerprint density at radius 3 is 2.35 bits per heavy atom. The predicted molar refractivity (Wildman–Crippen MR) is 98.5 cm³/mol. The molecule has 0 spiro atoms. The zero-order valence-electron chi connectivity index (χ0n) is 14.1. The summed E-state index contributed by atoms with van der Waals surface area (Å²) in [5, 5.41) is 2.62. The van der Waals surface area contributed by atoms with Gasteiger partial charge in [-0.3, -0.25) is 4.79 Å². The molecular weight excluding hydrogens is 355 g/mol. The van der Waals surface area contributed by atoms with Crippen LogP contribution in [0.4, 0.5) is 10.1 Å². The van der Waals surface area contributed by atoms with E-state index in [1.54, 1.807) is 18.2 Å². The first kappa shape index (κ1) is 18.3. The molecule has 2 aromatic carbocycles. The van der Waals surface area contributed by atoms with Gasteiger partial charge in [-0.2, -0.15) is 4.31 Å². The Kier molecular flexibility index (Phi) is 5.49. The summed E-state index contributed by atoms with van der Waals surface area (Å²) in [7, 11) is -3.47. The van der Waals surface area contributed by atoms with Crippen LogP contribution in [0.25, 0.3) is 6.08 Å². The maximum absolute atomic E-state index is 13.5. The predicted octanol–water partition coefficient (Wildman–Crippen LogP) is 3.26. The van der Waals surface area contributed by atoms with Gasteiger partial charge in [0.1, 0.15) is 5.82 Å². The molecule has 0 saturated carbocycles. The second kappa shape index (κ2) is 7.80. The van der Waals surface area contributed by atoms with Crippen LogP contribution in [0.1, 0.15) is 18.4 Å². The van der Waals surface area contributed by atoms with Gasteiger partial charge in [0.15, 0.2) is 0 Å². The highest BCUT2D eigenvalue weighted by Gasteiger charge is 2.26. The highest BCUT2D eigenvalue weighted by molar-refractivity contribution is 7.89. The highest BCUT2D eigenvalue weighted by atomic mass is 32.2. The van der Waals surface area contributed by atoms with E-state index in [0.717, 1.165) is 12.8 Å². The van der Waals surface area contributed by atoms with Crippen molar-refractivity contribution in [3.63, 3.8) is 0 Å². The zero-order chi connectivity index (χ0) is 18.6. The molecule has 0 aliphatic carbocycles. The molecule has 1 saturated heterocycles. The first-order valence-corrected chi connectivity index (χ1v) is 9.75. The number of carbonyl (C=O) groups is 1. The maximum atomic E-state index is 13.5. The van der Waals surface area contributed by atoms with Crippen molar-refractivity contribution in [2.75, 3.05) is 18.4 Å². The van der Waals surface area contributed by atoms with Crippen molar-refractivity contribution in [1.29, 1.82) is 0 Å². The average molecular weight is 374 g/mol. The van der Waals surface area contributed by atoms with Gasteiger partial charge in [-0.15, -0.1) is 0 Å². The van der Waals surface area contributed by atoms with Gasteiger partial charge >= 0.3 is 0 Å². The van der Waals surface area contributed by atoms with Crippen LogP contribution in [-0.2, 0) is 14.8 Å². The lowest BCUT2D eigenvalue weighted by molar-refractivity contribution is -0.111. The number of amides is 1. The van der Waals surface area contributed by atoms with E-state index in [9.17, 15) is 17.6 Å². The van der Waals surface area contributed by atoms with Crippen molar-refractivity contribution >= 4 is 27.7 Å². The molecule has 26 heavy (non-hydrogen) atoms. The van der Waals surface area contributed by atoms with Crippen molar-refractivity contribution in [2.45, 2.75) is 17.7 Å². The fraction of sp³-hybridized carbons (Fsp3) is 0.211. The molecule has 1 fully saturated rings. The van der Waals surface area contributed by atoms with E-state index in [4.69, 9.17) is 0 Å². The van der Waals surface area contributed by atoms with Crippen molar-refractivity contribution in [1.82, 2.24) is 4.31 Å². The Morgan fingerprint density at radius 1 is 1.04 bits per heavy atom. The Labute approximate surface area is 152 Å². The van der Waals surface area contributed by atoms with Gasteiger partial charge in [-0.05, 0) is 49.2 Å². The van der Waals surface area contributed by atoms with Crippen molar-refractivity contribution in [3.8, 4) is 0 Å². The number of benzene rings is 2. The molecule has 5 nitrogen and oxygen atoms in total. The average Bonchev–Trinajstić information content (AvgIpc) is 3.17. The molecule has 1 heterocycles. The standard InChI is InChI=1S/C19H19FN2O3S/c20-18-6-2-1-5-15(18)7-12-19(23)21-16-8-10-17(11-9-16)26(24,25)22-13-3-4-14-22/h1-2,5-12H,3-4,13-14H2,(H,21,23)/b12-7+. The molecule has 0 bridgehead atoms. The summed E-state index contributed by atoms with van der Waals surface area (Å²) in [4.78, 5) is 12.1. The summed E-state index contributed by atoms with van der Waals surface area (Å²) in [6, 6.07) is 12.2. The summed E-state index contributed by atoms with van der Waals surface area (Å²) in [6.07, 6.45) is 4.37. The summed E-state index contributed by atoms with van der Waals surface area (Å²) in [6.45, 7) is 1.09. The topological polar surface area (TPSA) is 66.5 Å². The minimum Gasteiger partial charge on any atom is -0.323 e.